The lowest BCUT2D eigenvalue weighted by molar-refractivity contribution is -0.132. The maximum absolute atomic E-state index is 11.6. The summed E-state index contributed by atoms with van der Waals surface area (Å²) >= 11 is 0. The fourth-order valence-electron chi connectivity index (χ4n) is 1.34. The van der Waals surface area contributed by atoms with E-state index < -0.39 is 30.9 Å². The van der Waals surface area contributed by atoms with E-state index >= 15 is 0 Å². The third-order valence-corrected chi connectivity index (χ3v) is 2.25. The van der Waals surface area contributed by atoms with Gasteiger partial charge < -0.3 is 5.11 Å². The molecule has 1 heterocycles. The molecule has 7 nitrogen and oxygen atoms in total. The minimum absolute atomic E-state index is 0.516. The summed E-state index contributed by atoms with van der Waals surface area (Å²) < 4.78 is 0. The first-order valence-corrected chi connectivity index (χ1v) is 4.00. The van der Waals surface area contributed by atoms with Gasteiger partial charge in [0.1, 0.15) is 12.3 Å². The van der Waals surface area contributed by atoms with Crippen LogP contribution >= 0.6 is 0 Å². The summed E-state index contributed by atoms with van der Waals surface area (Å²) in [6.45, 7) is 1.91. The number of hydrogen-bond donors (Lipinski definition) is 1. The lowest BCUT2D eigenvalue weighted by atomic mass is 10.1. The van der Waals surface area contributed by atoms with Crippen LogP contribution in [-0.4, -0.2) is 45.8 Å². The van der Waals surface area contributed by atoms with E-state index in [-0.39, 0.29) is 0 Å². The first kappa shape index (κ1) is 10.6. The van der Waals surface area contributed by atoms with E-state index in [4.69, 9.17) is 5.11 Å². The summed E-state index contributed by atoms with van der Waals surface area (Å²) in [6, 6.07) is -0.692. The van der Waals surface area contributed by atoms with Crippen molar-refractivity contribution in [2.75, 3.05) is 13.4 Å². The highest BCUT2D eigenvalue weighted by Gasteiger charge is 2.50. The second kappa shape index (κ2) is 3.33. The van der Waals surface area contributed by atoms with Crippen molar-refractivity contribution in [2.45, 2.75) is 19.4 Å². The number of rotatable bonds is 3. The molecule has 0 saturated carbocycles. The van der Waals surface area contributed by atoms with Crippen molar-refractivity contribution in [1.82, 2.24) is 9.80 Å². The van der Waals surface area contributed by atoms with Gasteiger partial charge in [-0.15, -0.1) is 4.91 Å². The molecule has 1 N–H and O–H groups in total. The van der Waals surface area contributed by atoms with Crippen LogP contribution in [0.3, 0.4) is 0 Å². The number of carbonyl (C=O) groups is 2. The molecule has 0 unspecified atom stereocenters. The van der Waals surface area contributed by atoms with Gasteiger partial charge in [-0.05, 0) is 19.0 Å². The first-order chi connectivity index (χ1) is 6.46. The Morgan fingerprint density at radius 3 is 2.36 bits per heavy atom. The van der Waals surface area contributed by atoms with Gasteiger partial charge in [0.25, 0.3) is 5.91 Å². The lowest BCUT2D eigenvalue weighted by Crippen LogP contribution is -2.44. The van der Waals surface area contributed by atoms with E-state index in [9.17, 15) is 14.5 Å². The van der Waals surface area contributed by atoms with Crippen LogP contribution in [0, 0.1) is 4.91 Å². The predicted molar refractivity (Wildman–Crippen MR) is 45.9 cm³/mol. The molecule has 7 heteroatoms. The van der Waals surface area contributed by atoms with E-state index in [2.05, 4.69) is 5.18 Å². The third kappa shape index (κ3) is 1.25. The van der Waals surface area contributed by atoms with Crippen molar-refractivity contribution in [1.29, 1.82) is 0 Å². The van der Waals surface area contributed by atoms with Crippen LogP contribution in [0.15, 0.2) is 5.18 Å². The summed E-state index contributed by atoms with van der Waals surface area (Å²) in [7, 11) is 0. The molecule has 1 aliphatic rings. The molecule has 1 saturated heterocycles. The zero-order chi connectivity index (χ0) is 10.9. The number of nitroso groups, excluding NO2 is 1. The van der Waals surface area contributed by atoms with Gasteiger partial charge in [-0.1, -0.05) is 0 Å². The number of nitrogens with zero attached hydrogens (tertiary/aromatic N) is 3. The van der Waals surface area contributed by atoms with Crippen LogP contribution in [0.25, 0.3) is 0 Å². The van der Waals surface area contributed by atoms with Crippen molar-refractivity contribution in [3.8, 4) is 0 Å². The number of carbonyl (C=O) groups excluding carboxylic acids is 2. The average Bonchev–Trinajstić information content (AvgIpc) is 2.27. The van der Waals surface area contributed by atoms with Gasteiger partial charge in [0, 0.05) is 0 Å². The van der Waals surface area contributed by atoms with Crippen LogP contribution in [-0.2, 0) is 4.79 Å². The molecule has 0 radical (unpaired) electrons. The Morgan fingerprint density at radius 1 is 1.43 bits per heavy atom. The summed E-state index contributed by atoms with van der Waals surface area (Å²) in [5.74, 6) is -0.531. The molecule has 0 spiro atoms. The largest absolute Gasteiger partial charge is 0.376 e. The number of urea groups is 1. The molecule has 3 amide bonds. The van der Waals surface area contributed by atoms with Crippen LogP contribution in [0.4, 0.5) is 4.79 Å². The van der Waals surface area contributed by atoms with E-state index in [1.54, 1.807) is 0 Å². The highest BCUT2D eigenvalue weighted by molar-refractivity contribution is 6.06. The molecule has 1 rings (SSSR count). The molecular formula is C7H11N3O4. The van der Waals surface area contributed by atoms with Crippen LogP contribution in [0.5, 0.6) is 0 Å². The predicted octanol–water partition coefficient (Wildman–Crippen LogP) is -0.297. The van der Waals surface area contributed by atoms with Crippen LogP contribution < -0.4 is 0 Å². The Bertz CT molecular complexity index is 289. The maximum atomic E-state index is 11.6. The standard InChI is InChI=1S/C7H11N3O4/c1-7(2)5(12)9(3-8-14)6(13)10(7)4-11/h11H,3-4H2,1-2H3. The second-order valence-electron chi connectivity index (χ2n) is 3.41. The Labute approximate surface area is 80.3 Å². The number of aliphatic hydroxyl groups excluding tert-OH is 1. The number of imide groups is 1. The Kier molecular flexibility index (Phi) is 2.52. The van der Waals surface area contributed by atoms with E-state index in [1.807, 2.05) is 0 Å². The van der Waals surface area contributed by atoms with Crippen molar-refractivity contribution in [2.24, 2.45) is 5.18 Å². The second-order valence-corrected chi connectivity index (χ2v) is 3.41. The summed E-state index contributed by atoms with van der Waals surface area (Å²) in [5, 5.41) is 11.4. The topological polar surface area (TPSA) is 90.3 Å². The van der Waals surface area contributed by atoms with Crippen molar-refractivity contribution < 1.29 is 14.7 Å². The smallest absolute Gasteiger partial charge is 0.331 e. The fraction of sp³-hybridized carbons (Fsp3) is 0.714. The molecular weight excluding hydrogens is 190 g/mol. The summed E-state index contributed by atoms with van der Waals surface area (Å²) in [4.78, 5) is 34.6. The zero-order valence-corrected chi connectivity index (χ0v) is 7.93. The highest BCUT2D eigenvalue weighted by Crippen LogP contribution is 2.26. The quantitative estimate of drug-likeness (QED) is 0.501. The monoisotopic (exact) mass is 201 g/mol. The number of hydrogen-bond acceptors (Lipinski definition) is 5. The molecule has 1 aliphatic heterocycles. The van der Waals surface area contributed by atoms with Gasteiger partial charge in [0.2, 0.25) is 0 Å². The molecule has 0 aromatic rings. The van der Waals surface area contributed by atoms with E-state index in [0.717, 1.165) is 4.90 Å². The Hall–Kier alpha value is -1.50. The lowest BCUT2D eigenvalue weighted by Gasteiger charge is -2.24. The van der Waals surface area contributed by atoms with Crippen molar-refractivity contribution in [3.63, 3.8) is 0 Å². The molecule has 0 aromatic carbocycles. The summed E-state index contributed by atoms with van der Waals surface area (Å²) in [6.07, 6.45) is 0. The normalized spacial score (nSPS) is 20.5. The highest BCUT2D eigenvalue weighted by atomic mass is 16.3. The maximum Gasteiger partial charge on any atom is 0.331 e. The van der Waals surface area contributed by atoms with Gasteiger partial charge in [0.05, 0.1) is 0 Å². The number of aliphatic hydroxyl groups is 1. The SMILES string of the molecule is CC1(C)C(=O)N(CN=O)C(=O)N1CO. The molecule has 78 valence electrons. The van der Waals surface area contributed by atoms with Crippen LogP contribution in [0.2, 0.25) is 0 Å². The number of amides is 3. The van der Waals surface area contributed by atoms with Gasteiger partial charge in [-0.3, -0.25) is 9.69 Å². The minimum atomic E-state index is -1.11. The first-order valence-electron chi connectivity index (χ1n) is 4.00. The molecule has 0 bridgehead atoms. The Balaban J connectivity index is 3.01. The molecule has 1 fully saturated rings. The van der Waals surface area contributed by atoms with Gasteiger partial charge in [-0.2, -0.15) is 0 Å². The Morgan fingerprint density at radius 2 is 2.00 bits per heavy atom. The van der Waals surface area contributed by atoms with E-state index in [1.165, 1.54) is 13.8 Å². The van der Waals surface area contributed by atoms with Gasteiger partial charge in [0.15, 0.2) is 6.67 Å². The third-order valence-electron chi connectivity index (χ3n) is 2.25. The van der Waals surface area contributed by atoms with Gasteiger partial charge in [-0.25, -0.2) is 9.69 Å². The molecule has 14 heavy (non-hydrogen) atoms. The van der Waals surface area contributed by atoms with Crippen LogP contribution in [0.1, 0.15) is 13.8 Å². The van der Waals surface area contributed by atoms with Crippen molar-refractivity contribution >= 4 is 11.9 Å². The van der Waals surface area contributed by atoms with Gasteiger partial charge >= 0.3 is 6.03 Å². The van der Waals surface area contributed by atoms with Crippen molar-refractivity contribution in [3.05, 3.63) is 4.91 Å². The molecule has 0 atom stereocenters. The molecule has 0 aliphatic carbocycles. The molecule has 0 aromatic heterocycles. The van der Waals surface area contributed by atoms with E-state index in [0.29, 0.717) is 4.90 Å². The summed E-state index contributed by atoms with van der Waals surface area (Å²) in [5.41, 5.74) is -1.11. The minimum Gasteiger partial charge on any atom is -0.376 e. The zero-order valence-electron chi connectivity index (χ0n) is 7.93. The average molecular weight is 201 g/mol. The fourth-order valence-corrected chi connectivity index (χ4v) is 1.34.